The van der Waals surface area contributed by atoms with Gasteiger partial charge in [-0.25, -0.2) is 10.1 Å². The van der Waals surface area contributed by atoms with Crippen LogP contribution in [0.25, 0.3) is 32.3 Å². The molecule has 0 aliphatic carbocycles. The van der Waals surface area contributed by atoms with Gasteiger partial charge in [-0.05, 0) is 78.9 Å². The molecule has 32 nitrogen and oxygen atoms in total. The summed E-state index contributed by atoms with van der Waals surface area (Å²) in [4.78, 5) is 118. The van der Waals surface area contributed by atoms with Crippen LogP contribution in [0, 0.1) is 5.92 Å². The van der Waals surface area contributed by atoms with Gasteiger partial charge >= 0.3 is 6.09 Å². The first-order valence-corrected chi connectivity index (χ1v) is 34.6. The van der Waals surface area contributed by atoms with Gasteiger partial charge in [-0.3, -0.25) is 33.6 Å². The molecule has 3 aliphatic heterocycles. The van der Waals surface area contributed by atoms with Gasteiger partial charge in [-0.2, -0.15) is 0 Å². The van der Waals surface area contributed by atoms with Gasteiger partial charge in [0, 0.05) is 87.7 Å². The van der Waals surface area contributed by atoms with Gasteiger partial charge in [-0.15, -0.1) is 10.2 Å². The normalized spacial score (nSPS) is 23.1. The Balaban J connectivity index is 0.971. The molecule has 5 aromatic carbocycles. The van der Waals surface area contributed by atoms with Gasteiger partial charge in [0.15, 0.2) is 11.5 Å². The maximum absolute atomic E-state index is 15.1. The topological polar surface area (TPSA) is 458 Å². The number of ether oxygens (including phenoxy) is 3. The lowest BCUT2D eigenvalue weighted by molar-refractivity contribution is -0.433. The lowest BCUT2D eigenvalue weighted by Gasteiger charge is -2.34. The lowest BCUT2D eigenvalue weighted by Crippen LogP contribution is -2.64. The van der Waals surface area contributed by atoms with E-state index < -0.39 is 177 Å². The monoisotopic (exact) mass is 1470 g/mol. The molecular formula is C69H82N10O22S2. The molecule has 0 spiro atoms. The van der Waals surface area contributed by atoms with Crippen molar-refractivity contribution in [1.82, 2.24) is 51.9 Å². The van der Waals surface area contributed by atoms with Crippen molar-refractivity contribution in [2.75, 3.05) is 46.0 Å². The van der Waals surface area contributed by atoms with E-state index in [-0.39, 0.29) is 42.4 Å². The fourth-order valence-electron chi connectivity index (χ4n) is 11.9. The number of aromatic nitrogens is 2. The minimum absolute atomic E-state index is 0.00130. The van der Waals surface area contributed by atoms with Crippen LogP contribution in [0.4, 0.5) is 4.79 Å². The smallest absolute Gasteiger partial charge is 0.407 e. The zero-order valence-corrected chi connectivity index (χ0v) is 57.8. The SMILES string of the molecule is CCOCCCOc1ccc(-c2ccc(-c3nnc(-c4ccc(C(=O)N[C@H]5C[C@H](O)CNC(=O)C6[C@@H](O)C(C)CN6C(=O)[C@H]([C@H](O)CCNC(=O)OCc6ccccc6)NC(=O)C([C@H](O)Cc6ccc(O)c(OSOOO)c6)NC(=O)C6CC(O)CN6C(=O)C(C(C)O)NC5=O)cc4)s3)cc2)cc1. The summed E-state index contributed by atoms with van der Waals surface area (Å²) in [5.74, 6) is -9.03. The molecule has 552 valence electrons. The number of hydrogen-bond donors (Lipinski definition) is 14. The zero-order chi connectivity index (χ0) is 73.9. The highest BCUT2D eigenvalue weighted by Gasteiger charge is 2.50. The molecular weight excluding hydrogens is 1380 g/mol. The predicted molar refractivity (Wildman–Crippen MR) is 368 cm³/mol. The molecule has 8 amide bonds. The van der Waals surface area contributed by atoms with E-state index in [1.54, 1.807) is 42.5 Å². The number of aromatic hydroxyl groups is 1. The van der Waals surface area contributed by atoms with Crippen molar-refractivity contribution in [3.8, 4) is 49.5 Å². The highest BCUT2D eigenvalue weighted by molar-refractivity contribution is 7.90. The fraction of sp³-hybridized carbons (Fsp3) is 0.420. The molecule has 9 rings (SSSR count). The molecule has 1 aromatic heterocycles. The number of hydrogen-bond acceptors (Lipinski definition) is 26. The number of carbonyl (C=O) groups is 8. The van der Waals surface area contributed by atoms with Crippen molar-refractivity contribution < 1.29 is 107 Å². The van der Waals surface area contributed by atoms with Crippen LogP contribution >= 0.6 is 23.7 Å². The van der Waals surface area contributed by atoms with Crippen LogP contribution in [-0.4, -0.2) is 227 Å². The summed E-state index contributed by atoms with van der Waals surface area (Å²) in [5, 5.41) is 117. The zero-order valence-electron chi connectivity index (χ0n) is 56.1. The van der Waals surface area contributed by atoms with Crippen molar-refractivity contribution >= 4 is 71.1 Å². The largest absolute Gasteiger partial charge is 0.504 e. The third-order valence-electron chi connectivity index (χ3n) is 17.4. The average Bonchev–Trinajstić information content (AvgIpc) is 1.67. The Morgan fingerprint density at radius 3 is 2.02 bits per heavy atom. The van der Waals surface area contributed by atoms with Crippen molar-refractivity contribution in [2.45, 2.75) is 132 Å². The van der Waals surface area contributed by atoms with Crippen LogP contribution in [0.1, 0.15) is 67.9 Å². The number of benzene rings is 5. The number of aliphatic hydroxyl groups excluding tert-OH is 6. The molecule has 14 N–H and O–H groups in total. The van der Waals surface area contributed by atoms with Crippen molar-refractivity contribution in [1.29, 1.82) is 0 Å². The molecule has 7 unspecified atom stereocenters. The highest BCUT2D eigenvalue weighted by atomic mass is 32.2. The predicted octanol–water partition coefficient (Wildman–Crippen LogP) is 1.68. The second-order valence-electron chi connectivity index (χ2n) is 24.9. The van der Waals surface area contributed by atoms with Crippen molar-refractivity contribution in [3.05, 3.63) is 138 Å². The van der Waals surface area contributed by atoms with Crippen LogP contribution in [0.5, 0.6) is 17.2 Å². The van der Waals surface area contributed by atoms with Gasteiger partial charge in [0.2, 0.25) is 35.4 Å². The number of β-amino-alcohol motifs (C(OH)–C–C–N with tert-alkyl or cyclic N) is 1. The van der Waals surface area contributed by atoms with E-state index in [1.165, 1.54) is 36.5 Å². The standard InChI is InChI=1S/C69H82N10O22S2/c1-4-96-27-8-28-97-48-22-20-42(21-23-48)41-12-16-44(17-13-41)65-76-77-66(102-65)45-18-14-43(15-19-45)60(87)72-49-31-46(81)33-71-64(91)58-59(86)37(2)34-79(58)68(93)57(52(84)25-26-70-69(94)98-36-39-9-6-5-7-10-39)75-63(90)56(53(85)29-40-11-24-51(83)54(30-40)99-103-101-100-95)74-62(89)50-32-47(82)35-78(50)67(92)55(38(3)80)73-61(49)88/h5-7,9-24,30,37-38,46-47,49-50,52-53,55-59,80-86,95H,4,8,25-29,31-36H2,1-3H3,(H,70,94)(H,71,91)(H,72,87)(H,73,88)(H,74,89)(H,75,90)/t37?,38?,46-,47?,49-,50?,52+,53+,55?,56?,57-,58?,59-/m0/s1. The molecule has 4 heterocycles. The first-order chi connectivity index (χ1) is 49.5. The number of carbonyl (C=O) groups excluding carboxylic acids is 8. The number of aliphatic hydroxyl groups is 6. The first kappa shape index (κ1) is 77.7. The number of fused-ring (bicyclic) bond motifs is 2. The molecule has 0 saturated carbocycles. The summed E-state index contributed by atoms with van der Waals surface area (Å²) in [6, 6.07) is 22.2. The van der Waals surface area contributed by atoms with Crippen molar-refractivity contribution in [3.63, 3.8) is 0 Å². The molecule has 6 aromatic rings. The fourth-order valence-corrected chi connectivity index (χ4v) is 13.0. The molecule has 3 aliphatic rings. The maximum Gasteiger partial charge on any atom is 0.407 e. The third kappa shape index (κ3) is 20.9. The molecule has 3 saturated heterocycles. The van der Waals surface area contributed by atoms with Crippen LogP contribution in [0.15, 0.2) is 121 Å². The molecule has 0 bridgehead atoms. The third-order valence-corrected chi connectivity index (χ3v) is 18.7. The van der Waals surface area contributed by atoms with Gasteiger partial charge < -0.3 is 95.8 Å². The quantitative estimate of drug-likeness (QED) is 0.0168. The minimum atomic E-state index is -2.19. The lowest BCUT2D eigenvalue weighted by atomic mass is 9.98. The van der Waals surface area contributed by atoms with E-state index in [2.05, 4.69) is 51.5 Å². The number of phenols is 1. The van der Waals surface area contributed by atoms with E-state index in [4.69, 9.17) is 23.7 Å². The summed E-state index contributed by atoms with van der Waals surface area (Å²) in [5.41, 5.74) is 4.05. The van der Waals surface area contributed by atoms with E-state index in [1.807, 2.05) is 55.5 Å². The van der Waals surface area contributed by atoms with Crippen LogP contribution in [0.3, 0.4) is 0 Å². The van der Waals surface area contributed by atoms with E-state index >= 15 is 4.79 Å². The van der Waals surface area contributed by atoms with Gasteiger partial charge in [0.05, 0.1) is 43.2 Å². The number of nitrogens with one attached hydrogen (secondary N) is 6. The summed E-state index contributed by atoms with van der Waals surface area (Å²) in [6.07, 6.45) is -13.2. The van der Waals surface area contributed by atoms with Crippen LogP contribution in [-0.2, 0) is 60.6 Å². The van der Waals surface area contributed by atoms with E-state index in [9.17, 15) is 69.3 Å². The Labute approximate surface area is 599 Å². The summed E-state index contributed by atoms with van der Waals surface area (Å²) in [7, 11) is 0. The Morgan fingerprint density at radius 1 is 0.709 bits per heavy atom. The Kier molecular flexibility index (Phi) is 28.0. The summed E-state index contributed by atoms with van der Waals surface area (Å²) in [6.45, 7) is 4.12. The minimum Gasteiger partial charge on any atom is -0.504 e. The van der Waals surface area contributed by atoms with E-state index in [0.29, 0.717) is 41.0 Å². The molecule has 103 heavy (non-hydrogen) atoms. The van der Waals surface area contributed by atoms with Crippen LogP contribution < -0.4 is 40.8 Å². The second kappa shape index (κ2) is 37.1. The maximum atomic E-state index is 15.1. The number of rotatable bonds is 25. The molecule has 34 heteroatoms. The Hall–Kier alpha value is -9.43. The number of nitrogens with zero attached hydrogens (tertiary/aromatic N) is 4. The average molecular weight is 1470 g/mol. The number of amides is 8. The summed E-state index contributed by atoms with van der Waals surface area (Å²) < 4.78 is 25.9. The van der Waals surface area contributed by atoms with Gasteiger partial charge in [0.1, 0.15) is 58.6 Å². The summed E-state index contributed by atoms with van der Waals surface area (Å²) >= 11 is 1.35. The molecule has 13 atom stereocenters. The van der Waals surface area contributed by atoms with Crippen LogP contribution in [0.2, 0.25) is 0 Å². The van der Waals surface area contributed by atoms with Gasteiger partial charge in [0.25, 0.3) is 18.2 Å². The highest BCUT2D eigenvalue weighted by Crippen LogP contribution is 2.34. The molecule has 0 radical (unpaired) electrons. The number of phenolic OH excluding ortho intramolecular Hbond substituents is 1. The van der Waals surface area contributed by atoms with E-state index in [0.717, 1.165) is 57.7 Å². The first-order valence-electron chi connectivity index (χ1n) is 33.1. The molecule has 3 fully saturated rings. The number of alkyl carbamates (subject to hydrolysis) is 1. The van der Waals surface area contributed by atoms with Gasteiger partial charge in [-0.1, -0.05) is 113 Å². The Morgan fingerprint density at radius 2 is 1.35 bits per heavy atom. The Bertz CT molecular complexity index is 3860. The second-order valence-corrected chi connectivity index (χ2v) is 26.3. The van der Waals surface area contributed by atoms with Crippen molar-refractivity contribution in [2.24, 2.45) is 5.92 Å².